The number of anilines is 1. The number of aromatic nitrogens is 1. The Morgan fingerprint density at radius 3 is 2.67 bits per heavy atom. The quantitative estimate of drug-likeness (QED) is 0.785. The van der Waals surface area contributed by atoms with Crippen molar-refractivity contribution < 1.29 is 19.1 Å². The van der Waals surface area contributed by atoms with Crippen LogP contribution in [0.5, 0.6) is 5.75 Å². The van der Waals surface area contributed by atoms with E-state index in [0.29, 0.717) is 11.4 Å². The van der Waals surface area contributed by atoms with E-state index in [-0.39, 0.29) is 6.54 Å². The molecule has 7 heteroatoms. The third-order valence-corrected chi connectivity index (χ3v) is 3.32. The summed E-state index contributed by atoms with van der Waals surface area (Å²) in [6.07, 6.45) is 2.64. The lowest BCUT2D eigenvalue weighted by Gasteiger charge is -2.17. The molecule has 1 heterocycles. The number of hydrogen-bond donors (Lipinski definition) is 2. The first-order valence-corrected chi connectivity index (χ1v) is 7.30. The molecule has 0 bridgehead atoms. The van der Waals surface area contributed by atoms with Crippen molar-refractivity contribution in [2.75, 3.05) is 26.1 Å². The largest absolute Gasteiger partial charge is 0.497 e. The molecule has 0 saturated heterocycles. The van der Waals surface area contributed by atoms with Crippen LogP contribution >= 0.6 is 0 Å². The molecular weight excluding hydrogens is 310 g/mol. The first kappa shape index (κ1) is 17.4. The zero-order valence-electron chi connectivity index (χ0n) is 13.5. The molecule has 0 fully saturated rings. The van der Waals surface area contributed by atoms with Crippen molar-refractivity contribution in [3.63, 3.8) is 0 Å². The standard InChI is InChI=1S/C17H19N3O4/c1-23-14-7-3-5-12(9-14)15(24-2)11-19-16(21)17(22)20-13-6-4-8-18-10-13/h3-10,15H,11H2,1-2H3,(H,19,21)(H,20,22)/t15-/m0/s1. The van der Waals surface area contributed by atoms with Crippen LogP contribution in [0.4, 0.5) is 5.69 Å². The summed E-state index contributed by atoms with van der Waals surface area (Å²) in [5, 5.41) is 5.02. The minimum absolute atomic E-state index is 0.156. The van der Waals surface area contributed by atoms with Gasteiger partial charge >= 0.3 is 11.8 Å². The minimum atomic E-state index is -0.761. The van der Waals surface area contributed by atoms with E-state index in [2.05, 4.69) is 15.6 Å². The molecule has 0 saturated carbocycles. The molecule has 7 nitrogen and oxygen atoms in total. The monoisotopic (exact) mass is 329 g/mol. The van der Waals surface area contributed by atoms with Gasteiger partial charge in [-0.2, -0.15) is 0 Å². The average Bonchev–Trinajstić information content (AvgIpc) is 2.63. The lowest BCUT2D eigenvalue weighted by Crippen LogP contribution is -2.38. The first-order chi connectivity index (χ1) is 11.6. The van der Waals surface area contributed by atoms with E-state index in [1.807, 2.05) is 24.3 Å². The molecule has 2 amide bonds. The molecule has 0 radical (unpaired) electrons. The first-order valence-electron chi connectivity index (χ1n) is 7.30. The topological polar surface area (TPSA) is 89.5 Å². The zero-order valence-corrected chi connectivity index (χ0v) is 13.5. The highest BCUT2D eigenvalue weighted by Crippen LogP contribution is 2.20. The number of carbonyl (C=O) groups is 2. The van der Waals surface area contributed by atoms with Gasteiger partial charge in [-0.25, -0.2) is 0 Å². The lowest BCUT2D eigenvalue weighted by molar-refractivity contribution is -0.136. The van der Waals surface area contributed by atoms with Gasteiger partial charge in [-0.15, -0.1) is 0 Å². The predicted octanol–water partition coefficient (Wildman–Crippen LogP) is 1.53. The molecule has 0 unspecified atom stereocenters. The summed E-state index contributed by atoms with van der Waals surface area (Å²) in [4.78, 5) is 27.6. The summed E-state index contributed by atoms with van der Waals surface area (Å²) in [6.45, 7) is 0.156. The molecule has 2 rings (SSSR count). The van der Waals surface area contributed by atoms with Crippen LogP contribution < -0.4 is 15.4 Å². The van der Waals surface area contributed by atoms with Gasteiger partial charge in [0.2, 0.25) is 0 Å². The molecule has 24 heavy (non-hydrogen) atoms. The summed E-state index contributed by atoms with van der Waals surface area (Å²) in [5.74, 6) is -0.817. The Kier molecular flexibility index (Phi) is 6.27. The number of methoxy groups -OCH3 is 2. The van der Waals surface area contributed by atoms with Crippen LogP contribution in [0, 0.1) is 0 Å². The SMILES string of the molecule is COc1cccc([C@H](CNC(=O)C(=O)Nc2cccnc2)OC)c1. The maximum Gasteiger partial charge on any atom is 0.313 e. The maximum atomic E-state index is 11.9. The molecule has 0 aliphatic carbocycles. The van der Waals surface area contributed by atoms with Gasteiger partial charge in [-0.05, 0) is 29.8 Å². The van der Waals surface area contributed by atoms with Crippen LogP contribution in [0.3, 0.4) is 0 Å². The number of carbonyl (C=O) groups excluding carboxylic acids is 2. The maximum absolute atomic E-state index is 11.9. The summed E-state index contributed by atoms with van der Waals surface area (Å²) in [7, 11) is 3.11. The van der Waals surface area contributed by atoms with Crippen LogP contribution in [0.1, 0.15) is 11.7 Å². The molecule has 2 N–H and O–H groups in total. The van der Waals surface area contributed by atoms with E-state index in [9.17, 15) is 9.59 Å². The molecular formula is C17H19N3O4. The summed E-state index contributed by atoms with van der Waals surface area (Å²) in [6, 6.07) is 10.6. The highest BCUT2D eigenvalue weighted by atomic mass is 16.5. The molecule has 1 aromatic carbocycles. The van der Waals surface area contributed by atoms with Gasteiger partial charge in [0.15, 0.2) is 0 Å². The fourth-order valence-corrected chi connectivity index (χ4v) is 2.07. The highest BCUT2D eigenvalue weighted by Gasteiger charge is 2.17. The number of benzene rings is 1. The molecule has 1 aromatic heterocycles. The van der Waals surface area contributed by atoms with Gasteiger partial charge in [-0.3, -0.25) is 14.6 Å². The highest BCUT2D eigenvalue weighted by molar-refractivity contribution is 6.39. The van der Waals surface area contributed by atoms with Crippen molar-refractivity contribution in [3.05, 3.63) is 54.4 Å². The lowest BCUT2D eigenvalue weighted by atomic mass is 10.1. The fourth-order valence-electron chi connectivity index (χ4n) is 2.07. The summed E-state index contributed by atoms with van der Waals surface area (Å²) >= 11 is 0. The van der Waals surface area contributed by atoms with Gasteiger partial charge in [-0.1, -0.05) is 12.1 Å². The van der Waals surface area contributed by atoms with Crippen LogP contribution in [0.15, 0.2) is 48.8 Å². The number of pyridine rings is 1. The van der Waals surface area contributed by atoms with E-state index in [1.54, 1.807) is 25.4 Å². The van der Waals surface area contributed by atoms with Crippen molar-refractivity contribution in [3.8, 4) is 5.75 Å². The van der Waals surface area contributed by atoms with Crippen molar-refractivity contribution in [1.82, 2.24) is 10.3 Å². The average molecular weight is 329 g/mol. The zero-order chi connectivity index (χ0) is 17.4. The second-order valence-electron chi connectivity index (χ2n) is 4.91. The Morgan fingerprint density at radius 1 is 1.17 bits per heavy atom. The molecule has 126 valence electrons. The van der Waals surface area contributed by atoms with Crippen LogP contribution in [0.2, 0.25) is 0 Å². The molecule has 2 aromatic rings. The number of hydrogen-bond acceptors (Lipinski definition) is 5. The molecule has 0 aliphatic heterocycles. The number of ether oxygens (including phenoxy) is 2. The number of rotatable bonds is 6. The van der Waals surface area contributed by atoms with E-state index in [0.717, 1.165) is 5.56 Å². The van der Waals surface area contributed by atoms with Crippen molar-refractivity contribution in [1.29, 1.82) is 0 Å². The Labute approximate surface area is 140 Å². The second kappa shape index (κ2) is 8.64. The third-order valence-electron chi connectivity index (χ3n) is 3.32. The van der Waals surface area contributed by atoms with E-state index < -0.39 is 17.9 Å². The van der Waals surface area contributed by atoms with Crippen molar-refractivity contribution in [2.45, 2.75) is 6.10 Å². The van der Waals surface area contributed by atoms with Crippen molar-refractivity contribution >= 4 is 17.5 Å². The van der Waals surface area contributed by atoms with E-state index in [1.165, 1.54) is 13.3 Å². The normalized spacial score (nSPS) is 11.4. The summed E-state index contributed by atoms with van der Waals surface area (Å²) < 4.78 is 10.5. The summed E-state index contributed by atoms with van der Waals surface area (Å²) in [5.41, 5.74) is 1.29. The molecule has 0 spiro atoms. The Hall–Kier alpha value is -2.93. The smallest absolute Gasteiger partial charge is 0.313 e. The molecule has 1 atom stereocenters. The number of nitrogens with zero attached hydrogens (tertiary/aromatic N) is 1. The van der Waals surface area contributed by atoms with Gasteiger partial charge in [0, 0.05) is 19.9 Å². The fraction of sp³-hybridized carbons (Fsp3) is 0.235. The number of amides is 2. The van der Waals surface area contributed by atoms with Gasteiger partial charge in [0.05, 0.1) is 25.1 Å². The Balaban J connectivity index is 1.92. The molecule has 0 aliphatic rings. The van der Waals surface area contributed by atoms with Gasteiger partial charge < -0.3 is 20.1 Å². The van der Waals surface area contributed by atoms with Gasteiger partial charge in [0.25, 0.3) is 0 Å². The minimum Gasteiger partial charge on any atom is -0.497 e. The third kappa shape index (κ3) is 4.79. The van der Waals surface area contributed by atoms with Crippen molar-refractivity contribution in [2.24, 2.45) is 0 Å². The predicted molar refractivity (Wildman–Crippen MR) is 88.6 cm³/mol. The van der Waals surface area contributed by atoms with Crippen LogP contribution in [-0.2, 0) is 14.3 Å². The van der Waals surface area contributed by atoms with Crippen LogP contribution in [0.25, 0.3) is 0 Å². The Morgan fingerprint density at radius 2 is 2.00 bits per heavy atom. The van der Waals surface area contributed by atoms with E-state index in [4.69, 9.17) is 9.47 Å². The second-order valence-corrected chi connectivity index (χ2v) is 4.91. The van der Waals surface area contributed by atoms with Crippen LogP contribution in [-0.4, -0.2) is 37.6 Å². The van der Waals surface area contributed by atoms with Gasteiger partial charge in [0.1, 0.15) is 5.75 Å². The van der Waals surface area contributed by atoms with E-state index >= 15 is 0 Å². The number of nitrogens with one attached hydrogen (secondary N) is 2. The Bertz CT molecular complexity index is 691.